The van der Waals surface area contributed by atoms with Gasteiger partial charge >= 0.3 is 0 Å². The van der Waals surface area contributed by atoms with Crippen molar-refractivity contribution in [2.24, 2.45) is 17.8 Å². The normalized spacial score (nSPS) is 32.6. The number of nitrogens with zero attached hydrogens (tertiary/aromatic N) is 1. The molecule has 4 nitrogen and oxygen atoms in total. The molecule has 0 radical (unpaired) electrons. The Balaban J connectivity index is 1.14. The number of hydrogen-bond acceptors (Lipinski definition) is 3. The van der Waals surface area contributed by atoms with E-state index in [2.05, 4.69) is 38.4 Å². The minimum atomic E-state index is -0.446. The molecule has 1 N–H and O–H groups in total. The largest absolute Gasteiger partial charge is 0.385 e. The average molecular weight is 389 g/mol. The number of likely N-dealkylation sites (N-methyl/N-ethyl adjacent to an activating group) is 1. The Morgan fingerprint density at radius 1 is 1.00 bits per heavy atom. The van der Waals surface area contributed by atoms with E-state index < -0.39 is 6.10 Å². The van der Waals surface area contributed by atoms with E-state index in [4.69, 9.17) is 9.47 Å². The zero-order valence-electron chi connectivity index (χ0n) is 17.7. The molecule has 4 heteroatoms. The fourth-order valence-corrected chi connectivity index (χ4v) is 6.51. The Labute approximate surface area is 170 Å². The number of benzene rings is 1. The first-order valence-electron chi connectivity index (χ1n) is 11.2. The summed E-state index contributed by atoms with van der Waals surface area (Å²) >= 11 is 0. The SMILES string of the molecule is C[N+](C)(Cc1ccccc1)C[C@@H](O)COCCOC12CC3CC(CC(C3)C1)C2. The summed E-state index contributed by atoms with van der Waals surface area (Å²) in [5, 5.41) is 10.4. The lowest BCUT2D eigenvalue weighted by Gasteiger charge is -2.56. The Bertz CT molecular complexity index is 595. The summed E-state index contributed by atoms with van der Waals surface area (Å²) < 4.78 is 12.9. The quantitative estimate of drug-likeness (QED) is 0.491. The minimum Gasteiger partial charge on any atom is -0.385 e. The van der Waals surface area contributed by atoms with Crippen molar-refractivity contribution in [3.05, 3.63) is 35.9 Å². The summed E-state index contributed by atoms with van der Waals surface area (Å²) in [7, 11) is 4.32. The van der Waals surface area contributed by atoms with Gasteiger partial charge in [-0.3, -0.25) is 0 Å². The van der Waals surface area contributed by atoms with Crippen LogP contribution in [0.2, 0.25) is 0 Å². The molecule has 1 atom stereocenters. The molecule has 0 saturated heterocycles. The maximum Gasteiger partial charge on any atom is 0.126 e. The zero-order chi connectivity index (χ0) is 19.6. The van der Waals surface area contributed by atoms with Crippen LogP contribution in [0.3, 0.4) is 0 Å². The predicted octanol–water partition coefficient (Wildman–Crippen LogP) is 3.63. The molecule has 1 aromatic rings. The first kappa shape index (κ1) is 20.3. The lowest BCUT2D eigenvalue weighted by Crippen LogP contribution is -2.52. The molecule has 0 aliphatic heterocycles. The van der Waals surface area contributed by atoms with Gasteiger partial charge in [-0.05, 0) is 56.3 Å². The maximum absolute atomic E-state index is 10.4. The van der Waals surface area contributed by atoms with E-state index in [9.17, 15) is 5.11 Å². The van der Waals surface area contributed by atoms with Gasteiger partial charge in [-0.25, -0.2) is 0 Å². The van der Waals surface area contributed by atoms with Gasteiger partial charge in [0.25, 0.3) is 0 Å². The van der Waals surface area contributed by atoms with E-state index in [1.807, 2.05) is 6.07 Å². The van der Waals surface area contributed by atoms with Crippen LogP contribution < -0.4 is 0 Å². The van der Waals surface area contributed by atoms with Crippen molar-refractivity contribution in [2.45, 2.75) is 56.8 Å². The first-order chi connectivity index (χ1) is 13.4. The summed E-state index contributed by atoms with van der Waals surface area (Å²) in [6.07, 6.45) is 7.71. The zero-order valence-corrected chi connectivity index (χ0v) is 17.7. The molecule has 4 aliphatic rings. The molecular formula is C24H38NO3+. The van der Waals surface area contributed by atoms with Crippen molar-refractivity contribution in [1.29, 1.82) is 0 Å². The Morgan fingerprint density at radius 3 is 2.21 bits per heavy atom. The molecule has 0 aromatic heterocycles. The van der Waals surface area contributed by atoms with Gasteiger partial charge in [0, 0.05) is 5.56 Å². The Morgan fingerprint density at radius 2 is 1.61 bits per heavy atom. The second kappa shape index (κ2) is 8.43. The standard InChI is InChI=1S/C24H38NO3/c1-25(2,16-19-6-4-3-5-7-19)17-23(26)18-27-8-9-28-24-13-20-10-21(14-24)12-22(11-20)15-24/h3-7,20-23,26H,8-18H2,1-2H3/q+1/t20?,21?,22?,23-,24?/m1/s1. The highest BCUT2D eigenvalue weighted by Gasteiger charge is 2.51. The van der Waals surface area contributed by atoms with Gasteiger partial charge in [0.1, 0.15) is 19.2 Å². The van der Waals surface area contributed by atoms with Gasteiger partial charge < -0.3 is 19.1 Å². The second-order valence-corrected chi connectivity index (χ2v) is 10.4. The third-order valence-electron chi connectivity index (χ3n) is 7.09. The van der Waals surface area contributed by atoms with Crippen LogP contribution in [0.4, 0.5) is 0 Å². The number of rotatable bonds is 10. The summed E-state index contributed by atoms with van der Waals surface area (Å²) in [5.74, 6) is 2.75. The Kier molecular flexibility index (Phi) is 6.12. The van der Waals surface area contributed by atoms with Crippen molar-refractivity contribution >= 4 is 0 Å². The monoisotopic (exact) mass is 388 g/mol. The van der Waals surface area contributed by atoms with Crippen LogP contribution in [0, 0.1) is 17.8 Å². The molecule has 4 aliphatic carbocycles. The van der Waals surface area contributed by atoms with E-state index in [-0.39, 0.29) is 5.60 Å². The molecule has 0 heterocycles. The highest BCUT2D eigenvalue weighted by atomic mass is 16.5. The Hall–Kier alpha value is -0.940. The molecule has 4 bridgehead atoms. The molecule has 4 saturated carbocycles. The fraction of sp³-hybridized carbons (Fsp3) is 0.750. The minimum absolute atomic E-state index is 0.158. The van der Waals surface area contributed by atoms with Crippen molar-refractivity contribution in [1.82, 2.24) is 0 Å². The van der Waals surface area contributed by atoms with Gasteiger partial charge in [-0.15, -0.1) is 0 Å². The smallest absolute Gasteiger partial charge is 0.126 e. The molecule has 156 valence electrons. The van der Waals surface area contributed by atoms with E-state index in [1.165, 1.54) is 44.1 Å². The lowest BCUT2D eigenvalue weighted by atomic mass is 9.54. The van der Waals surface area contributed by atoms with Crippen LogP contribution in [0.5, 0.6) is 0 Å². The molecule has 0 unspecified atom stereocenters. The number of quaternary nitrogens is 1. The van der Waals surface area contributed by atoms with Gasteiger partial charge in [-0.1, -0.05) is 30.3 Å². The fourth-order valence-electron chi connectivity index (χ4n) is 6.51. The summed E-state index contributed by atoms with van der Waals surface area (Å²) in [6, 6.07) is 10.5. The van der Waals surface area contributed by atoms with Gasteiger partial charge in [0.2, 0.25) is 0 Å². The third kappa shape index (κ3) is 5.15. The lowest BCUT2D eigenvalue weighted by molar-refractivity contribution is -0.906. The summed E-state index contributed by atoms with van der Waals surface area (Å²) in [5.41, 5.74) is 1.45. The van der Waals surface area contributed by atoms with Crippen LogP contribution in [-0.4, -0.2) is 61.8 Å². The summed E-state index contributed by atoms with van der Waals surface area (Å²) in [4.78, 5) is 0. The number of aliphatic hydroxyl groups excluding tert-OH is 1. The van der Waals surface area contributed by atoms with Crippen LogP contribution >= 0.6 is 0 Å². The second-order valence-electron chi connectivity index (χ2n) is 10.4. The topological polar surface area (TPSA) is 38.7 Å². The van der Waals surface area contributed by atoms with E-state index in [0.717, 1.165) is 28.8 Å². The molecule has 0 amide bonds. The first-order valence-corrected chi connectivity index (χ1v) is 11.2. The summed E-state index contributed by atoms with van der Waals surface area (Å²) in [6.45, 7) is 3.24. The highest BCUT2D eigenvalue weighted by molar-refractivity contribution is 5.13. The predicted molar refractivity (Wildman–Crippen MR) is 111 cm³/mol. The average Bonchev–Trinajstić information content (AvgIpc) is 2.60. The number of hydrogen-bond donors (Lipinski definition) is 1. The highest BCUT2D eigenvalue weighted by Crippen LogP contribution is 2.57. The van der Waals surface area contributed by atoms with Crippen LogP contribution in [0.15, 0.2) is 30.3 Å². The molecular weight excluding hydrogens is 350 g/mol. The van der Waals surface area contributed by atoms with Crippen molar-refractivity contribution < 1.29 is 19.1 Å². The van der Waals surface area contributed by atoms with E-state index in [1.54, 1.807) is 0 Å². The van der Waals surface area contributed by atoms with Crippen LogP contribution in [-0.2, 0) is 16.0 Å². The molecule has 1 aromatic carbocycles. The molecule has 5 rings (SSSR count). The van der Waals surface area contributed by atoms with Gasteiger partial charge in [-0.2, -0.15) is 0 Å². The van der Waals surface area contributed by atoms with Crippen LogP contribution in [0.1, 0.15) is 44.1 Å². The van der Waals surface area contributed by atoms with Gasteiger partial charge in [0.15, 0.2) is 0 Å². The molecule has 28 heavy (non-hydrogen) atoms. The van der Waals surface area contributed by atoms with E-state index in [0.29, 0.717) is 26.4 Å². The van der Waals surface area contributed by atoms with Gasteiger partial charge in [0.05, 0.1) is 39.5 Å². The van der Waals surface area contributed by atoms with Crippen LogP contribution in [0.25, 0.3) is 0 Å². The number of ether oxygens (including phenoxy) is 2. The molecule has 0 spiro atoms. The van der Waals surface area contributed by atoms with E-state index >= 15 is 0 Å². The van der Waals surface area contributed by atoms with Crippen molar-refractivity contribution in [3.63, 3.8) is 0 Å². The van der Waals surface area contributed by atoms with Crippen molar-refractivity contribution in [2.75, 3.05) is 40.5 Å². The number of aliphatic hydroxyl groups is 1. The third-order valence-corrected chi connectivity index (χ3v) is 7.09. The molecule has 4 fully saturated rings. The van der Waals surface area contributed by atoms with Crippen molar-refractivity contribution in [3.8, 4) is 0 Å². The maximum atomic E-state index is 10.4.